The van der Waals surface area contributed by atoms with Gasteiger partial charge >= 0.3 is 6.09 Å². The Morgan fingerprint density at radius 1 is 1.08 bits per heavy atom. The molecule has 0 aliphatic rings. The van der Waals surface area contributed by atoms with Crippen LogP contribution in [0.2, 0.25) is 0 Å². The van der Waals surface area contributed by atoms with Crippen LogP contribution < -0.4 is 10.6 Å². The Labute approximate surface area is 157 Å². The molecule has 0 fully saturated rings. The maximum absolute atomic E-state index is 12.2. The van der Waals surface area contributed by atoms with Crippen molar-refractivity contribution >= 4 is 12.0 Å². The van der Waals surface area contributed by atoms with Gasteiger partial charge in [-0.25, -0.2) is 4.79 Å². The lowest BCUT2D eigenvalue weighted by Crippen LogP contribution is -2.54. The van der Waals surface area contributed by atoms with E-state index in [1.165, 1.54) is 0 Å². The molecule has 2 N–H and O–H groups in total. The number of amides is 2. The summed E-state index contributed by atoms with van der Waals surface area (Å²) < 4.78 is 5.36. The van der Waals surface area contributed by atoms with Gasteiger partial charge in [-0.2, -0.15) is 0 Å². The molecule has 0 aliphatic carbocycles. The first-order chi connectivity index (χ1) is 12.1. The van der Waals surface area contributed by atoms with Gasteiger partial charge in [0.25, 0.3) is 0 Å². The maximum Gasteiger partial charge on any atom is 0.408 e. The van der Waals surface area contributed by atoms with Crippen molar-refractivity contribution in [2.45, 2.75) is 77.9 Å². The van der Waals surface area contributed by atoms with Gasteiger partial charge in [-0.1, -0.05) is 50.1 Å². The predicted octanol–water partition coefficient (Wildman–Crippen LogP) is 4.21. The molecular formula is C21H34N2O3. The fraction of sp³-hybridized carbons (Fsp3) is 0.619. The number of hydrogen-bond acceptors (Lipinski definition) is 3. The highest BCUT2D eigenvalue weighted by molar-refractivity contribution is 5.76. The van der Waals surface area contributed by atoms with Gasteiger partial charge in [0.2, 0.25) is 5.91 Å². The summed E-state index contributed by atoms with van der Waals surface area (Å²) >= 11 is 0. The molecule has 0 spiro atoms. The quantitative estimate of drug-likeness (QED) is 0.691. The van der Waals surface area contributed by atoms with E-state index in [0.717, 1.165) is 24.8 Å². The fourth-order valence-electron chi connectivity index (χ4n) is 2.60. The number of rotatable bonds is 9. The lowest BCUT2D eigenvalue weighted by molar-refractivity contribution is -0.121. The van der Waals surface area contributed by atoms with Gasteiger partial charge < -0.3 is 15.4 Å². The van der Waals surface area contributed by atoms with Gasteiger partial charge in [-0.15, -0.1) is 0 Å². The number of carbonyl (C=O) groups excluding carboxylic acids is 2. The first kappa shape index (κ1) is 22.0. The van der Waals surface area contributed by atoms with Crippen LogP contribution in [0.5, 0.6) is 0 Å². The zero-order valence-electron chi connectivity index (χ0n) is 16.9. The number of nitrogens with one attached hydrogen (secondary N) is 2. The van der Waals surface area contributed by atoms with Crippen LogP contribution in [0.15, 0.2) is 30.3 Å². The zero-order valence-corrected chi connectivity index (χ0v) is 16.9. The Hall–Kier alpha value is -2.04. The molecule has 0 bridgehead atoms. The van der Waals surface area contributed by atoms with Gasteiger partial charge in [0, 0.05) is 13.0 Å². The van der Waals surface area contributed by atoms with Crippen LogP contribution in [-0.2, 0) is 16.0 Å². The topological polar surface area (TPSA) is 67.4 Å². The number of unbranched alkanes of at least 4 members (excludes halogenated alkanes) is 1. The Morgan fingerprint density at radius 2 is 1.73 bits per heavy atom. The van der Waals surface area contributed by atoms with E-state index in [4.69, 9.17) is 4.74 Å². The number of aryl methyl sites for hydroxylation is 1. The van der Waals surface area contributed by atoms with E-state index in [1.54, 1.807) is 0 Å². The molecule has 0 aliphatic heterocycles. The molecule has 0 unspecified atom stereocenters. The molecular weight excluding hydrogens is 328 g/mol. The lowest BCUT2D eigenvalue weighted by Gasteiger charge is -2.32. The van der Waals surface area contributed by atoms with Crippen molar-refractivity contribution in [2.24, 2.45) is 0 Å². The van der Waals surface area contributed by atoms with Crippen molar-refractivity contribution in [3.05, 3.63) is 35.9 Å². The summed E-state index contributed by atoms with van der Waals surface area (Å²) in [5, 5.41) is 5.90. The summed E-state index contributed by atoms with van der Waals surface area (Å²) in [6.45, 7) is 9.94. The Kier molecular flexibility index (Phi) is 8.62. The van der Waals surface area contributed by atoms with Gasteiger partial charge in [0.05, 0.1) is 5.54 Å². The second-order valence-electron chi connectivity index (χ2n) is 8.05. The standard InChI is InChI=1S/C21H34N2O3/c1-6-7-15-21(5,23-19(25)26-20(2,3)4)16-22-18(24)14-13-17-11-9-8-10-12-17/h8-12H,6-7,13-16H2,1-5H3,(H,22,24)(H,23,25)/t21-/m1/s1. The second-order valence-corrected chi connectivity index (χ2v) is 8.05. The van der Waals surface area contributed by atoms with E-state index in [0.29, 0.717) is 19.4 Å². The number of ether oxygens (including phenoxy) is 1. The first-order valence-corrected chi connectivity index (χ1v) is 9.45. The molecule has 1 aromatic carbocycles. The van der Waals surface area contributed by atoms with Crippen LogP contribution in [0.1, 0.15) is 65.9 Å². The van der Waals surface area contributed by atoms with Crippen LogP contribution >= 0.6 is 0 Å². The summed E-state index contributed by atoms with van der Waals surface area (Å²) in [5.41, 5.74) is 0.0679. The summed E-state index contributed by atoms with van der Waals surface area (Å²) in [6, 6.07) is 9.94. The SMILES string of the molecule is CCCC[C@](C)(CNC(=O)CCc1ccccc1)NC(=O)OC(C)(C)C. The van der Waals surface area contributed by atoms with Crippen molar-refractivity contribution in [2.75, 3.05) is 6.54 Å². The van der Waals surface area contributed by atoms with Crippen LogP contribution in [0.3, 0.4) is 0 Å². The van der Waals surface area contributed by atoms with Crippen molar-refractivity contribution in [3.8, 4) is 0 Å². The molecule has 0 saturated carbocycles. The minimum absolute atomic E-state index is 0.0115. The molecule has 0 heterocycles. The van der Waals surface area contributed by atoms with E-state index in [2.05, 4.69) is 17.6 Å². The molecule has 0 radical (unpaired) electrons. The largest absolute Gasteiger partial charge is 0.444 e. The second kappa shape index (κ2) is 10.2. The Morgan fingerprint density at radius 3 is 2.31 bits per heavy atom. The monoisotopic (exact) mass is 362 g/mol. The van der Waals surface area contributed by atoms with E-state index in [9.17, 15) is 9.59 Å². The van der Waals surface area contributed by atoms with Crippen molar-refractivity contribution in [1.82, 2.24) is 10.6 Å². The zero-order chi connectivity index (χ0) is 19.6. The summed E-state index contributed by atoms with van der Waals surface area (Å²) in [7, 11) is 0. The first-order valence-electron chi connectivity index (χ1n) is 9.45. The van der Waals surface area contributed by atoms with Crippen LogP contribution in [-0.4, -0.2) is 29.7 Å². The van der Waals surface area contributed by atoms with E-state index < -0.39 is 17.2 Å². The normalized spacial score (nSPS) is 13.6. The molecule has 1 aromatic rings. The summed E-state index contributed by atoms with van der Waals surface area (Å²) in [6.07, 6.45) is 3.45. The number of hydrogen-bond donors (Lipinski definition) is 2. The van der Waals surface area contributed by atoms with E-state index >= 15 is 0 Å². The highest BCUT2D eigenvalue weighted by Crippen LogP contribution is 2.15. The summed E-state index contributed by atoms with van der Waals surface area (Å²) in [5.74, 6) is -0.0115. The maximum atomic E-state index is 12.2. The molecule has 5 heteroatoms. The molecule has 5 nitrogen and oxygen atoms in total. The van der Waals surface area contributed by atoms with Gasteiger partial charge in [0.15, 0.2) is 0 Å². The fourth-order valence-corrected chi connectivity index (χ4v) is 2.60. The smallest absolute Gasteiger partial charge is 0.408 e. The lowest BCUT2D eigenvalue weighted by atomic mass is 9.94. The third-order valence-corrected chi connectivity index (χ3v) is 4.04. The van der Waals surface area contributed by atoms with Crippen molar-refractivity contribution in [3.63, 3.8) is 0 Å². The van der Waals surface area contributed by atoms with Crippen LogP contribution in [0.4, 0.5) is 4.79 Å². The molecule has 26 heavy (non-hydrogen) atoms. The third-order valence-electron chi connectivity index (χ3n) is 4.04. The van der Waals surface area contributed by atoms with Gasteiger partial charge in [-0.3, -0.25) is 4.79 Å². The molecule has 146 valence electrons. The summed E-state index contributed by atoms with van der Waals surface area (Å²) in [4.78, 5) is 24.3. The van der Waals surface area contributed by atoms with Gasteiger partial charge in [0.1, 0.15) is 5.60 Å². The molecule has 0 saturated heterocycles. The Bertz CT molecular complexity index is 566. The molecule has 1 rings (SSSR count). The molecule has 0 aromatic heterocycles. The van der Waals surface area contributed by atoms with E-state index in [-0.39, 0.29) is 5.91 Å². The Balaban J connectivity index is 2.54. The minimum atomic E-state index is -0.547. The number of alkyl carbamates (subject to hydrolysis) is 1. The number of carbonyl (C=O) groups is 2. The highest BCUT2D eigenvalue weighted by atomic mass is 16.6. The molecule has 2 amide bonds. The predicted molar refractivity (Wildman–Crippen MR) is 105 cm³/mol. The van der Waals surface area contributed by atoms with E-state index in [1.807, 2.05) is 58.0 Å². The third kappa shape index (κ3) is 9.44. The van der Waals surface area contributed by atoms with Crippen molar-refractivity contribution in [1.29, 1.82) is 0 Å². The molecule has 1 atom stereocenters. The average Bonchev–Trinajstić information content (AvgIpc) is 2.55. The van der Waals surface area contributed by atoms with Gasteiger partial charge in [-0.05, 0) is 46.1 Å². The van der Waals surface area contributed by atoms with Crippen LogP contribution in [0, 0.1) is 0 Å². The van der Waals surface area contributed by atoms with Crippen molar-refractivity contribution < 1.29 is 14.3 Å². The minimum Gasteiger partial charge on any atom is -0.444 e. The van der Waals surface area contributed by atoms with Crippen LogP contribution in [0.25, 0.3) is 0 Å². The number of benzene rings is 1. The highest BCUT2D eigenvalue weighted by Gasteiger charge is 2.29. The average molecular weight is 363 g/mol.